The highest BCUT2D eigenvalue weighted by Crippen LogP contribution is 2.35. The van der Waals surface area contributed by atoms with Crippen LogP contribution in [0.2, 0.25) is 0 Å². The summed E-state index contributed by atoms with van der Waals surface area (Å²) >= 11 is 0. The predicted molar refractivity (Wildman–Crippen MR) is 91.7 cm³/mol. The molecular weight excluding hydrogens is 315 g/mol. The third-order valence-electron chi connectivity index (χ3n) is 5.05. The molecule has 3 nitrogen and oxygen atoms in total. The minimum atomic E-state index is -0.234. The number of nitrogens with zero attached hydrogens (tertiary/aromatic N) is 1. The maximum atomic E-state index is 13.1. The maximum Gasteiger partial charge on any atom is 0.226 e. The second-order valence-electron chi connectivity index (χ2n) is 6.82. The fourth-order valence-corrected chi connectivity index (χ4v) is 3.53. The molecule has 1 amide bonds. The van der Waals surface area contributed by atoms with E-state index in [0.717, 1.165) is 31.4 Å². The molecule has 0 radical (unpaired) electrons. The SMILES string of the molecule is Cl.NC[C@H]1CCC[C@H]1C(=O)N(Cc1ccc(F)cc1)CC1CC1. The van der Waals surface area contributed by atoms with Crippen molar-refractivity contribution in [2.45, 2.75) is 38.6 Å². The summed E-state index contributed by atoms with van der Waals surface area (Å²) in [5.74, 6) is 1.10. The molecule has 2 aliphatic carbocycles. The zero-order valence-corrected chi connectivity index (χ0v) is 14.2. The molecular formula is C18H26ClFN2O. The topological polar surface area (TPSA) is 46.3 Å². The van der Waals surface area contributed by atoms with E-state index >= 15 is 0 Å². The van der Waals surface area contributed by atoms with E-state index in [1.54, 1.807) is 12.1 Å². The first-order valence-electron chi connectivity index (χ1n) is 8.40. The zero-order chi connectivity index (χ0) is 15.5. The Morgan fingerprint density at radius 2 is 1.87 bits per heavy atom. The minimum Gasteiger partial charge on any atom is -0.338 e. The Hall–Kier alpha value is -1.13. The van der Waals surface area contributed by atoms with Gasteiger partial charge in [0.1, 0.15) is 5.82 Å². The van der Waals surface area contributed by atoms with Crippen LogP contribution in [0.3, 0.4) is 0 Å². The van der Waals surface area contributed by atoms with Gasteiger partial charge in [-0.1, -0.05) is 18.6 Å². The van der Waals surface area contributed by atoms with Gasteiger partial charge in [0.15, 0.2) is 0 Å². The molecule has 5 heteroatoms. The lowest BCUT2D eigenvalue weighted by Crippen LogP contribution is -2.39. The molecule has 0 unspecified atom stereocenters. The van der Waals surface area contributed by atoms with Gasteiger partial charge in [-0.15, -0.1) is 12.4 Å². The third kappa shape index (κ3) is 4.67. The summed E-state index contributed by atoms with van der Waals surface area (Å²) in [6.45, 7) is 2.03. The lowest BCUT2D eigenvalue weighted by molar-refractivity contribution is -0.137. The lowest BCUT2D eigenvalue weighted by Gasteiger charge is -2.28. The molecule has 0 aromatic heterocycles. The van der Waals surface area contributed by atoms with E-state index in [0.29, 0.717) is 24.9 Å². The number of amides is 1. The van der Waals surface area contributed by atoms with Gasteiger partial charge in [-0.3, -0.25) is 4.79 Å². The molecule has 2 atom stereocenters. The minimum absolute atomic E-state index is 0. The second kappa shape index (κ2) is 8.11. The average Bonchev–Trinajstić information content (AvgIpc) is 3.21. The molecule has 23 heavy (non-hydrogen) atoms. The molecule has 2 fully saturated rings. The summed E-state index contributed by atoms with van der Waals surface area (Å²) < 4.78 is 13.1. The van der Waals surface area contributed by atoms with E-state index in [4.69, 9.17) is 5.73 Å². The normalized spacial score (nSPS) is 23.4. The molecule has 1 aromatic carbocycles. The molecule has 0 bridgehead atoms. The summed E-state index contributed by atoms with van der Waals surface area (Å²) in [6, 6.07) is 6.48. The molecule has 3 rings (SSSR count). The Morgan fingerprint density at radius 3 is 2.48 bits per heavy atom. The van der Waals surface area contributed by atoms with Crippen molar-refractivity contribution in [2.24, 2.45) is 23.5 Å². The molecule has 0 aliphatic heterocycles. The number of hydrogen-bond acceptors (Lipinski definition) is 2. The summed E-state index contributed by atoms with van der Waals surface area (Å²) in [5, 5.41) is 0. The standard InChI is InChI=1S/C18H25FN2O.ClH/c19-16-8-6-14(7-9-16)12-21(11-13-4-5-13)18(22)17-3-1-2-15(17)10-20;/h6-9,13,15,17H,1-5,10-12,20H2;1H/t15-,17-;/m1./s1. The van der Waals surface area contributed by atoms with Crippen LogP contribution in [0.1, 0.15) is 37.7 Å². The molecule has 2 aliphatic rings. The van der Waals surface area contributed by atoms with Gasteiger partial charge in [0.2, 0.25) is 5.91 Å². The second-order valence-corrected chi connectivity index (χ2v) is 6.82. The highest BCUT2D eigenvalue weighted by Gasteiger charge is 2.36. The Balaban J connectivity index is 0.00000192. The van der Waals surface area contributed by atoms with Gasteiger partial charge in [0.25, 0.3) is 0 Å². The molecule has 0 saturated heterocycles. The van der Waals surface area contributed by atoms with E-state index in [2.05, 4.69) is 0 Å². The maximum absolute atomic E-state index is 13.1. The quantitative estimate of drug-likeness (QED) is 0.863. The van der Waals surface area contributed by atoms with Crippen LogP contribution in [0.15, 0.2) is 24.3 Å². The van der Waals surface area contributed by atoms with Crippen molar-refractivity contribution >= 4 is 18.3 Å². The molecule has 1 aromatic rings. The first-order valence-corrected chi connectivity index (χ1v) is 8.40. The lowest BCUT2D eigenvalue weighted by atomic mass is 9.94. The van der Waals surface area contributed by atoms with E-state index < -0.39 is 0 Å². The van der Waals surface area contributed by atoms with Crippen LogP contribution >= 0.6 is 12.4 Å². The highest BCUT2D eigenvalue weighted by atomic mass is 35.5. The Bertz CT molecular complexity index is 518. The first kappa shape index (κ1) is 18.2. The number of nitrogens with two attached hydrogens (primary N) is 1. The van der Waals surface area contributed by atoms with Gasteiger partial charge in [-0.25, -0.2) is 4.39 Å². The highest BCUT2D eigenvalue weighted by molar-refractivity contribution is 5.85. The number of benzene rings is 1. The number of carbonyl (C=O) groups is 1. The Morgan fingerprint density at radius 1 is 1.17 bits per heavy atom. The van der Waals surface area contributed by atoms with Crippen molar-refractivity contribution in [3.63, 3.8) is 0 Å². The van der Waals surface area contributed by atoms with Crippen molar-refractivity contribution in [2.75, 3.05) is 13.1 Å². The molecule has 2 N–H and O–H groups in total. The largest absolute Gasteiger partial charge is 0.338 e. The molecule has 2 saturated carbocycles. The van der Waals surface area contributed by atoms with Gasteiger partial charge in [-0.2, -0.15) is 0 Å². The Kier molecular flexibility index (Phi) is 6.42. The van der Waals surface area contributed by atoms with Crippen LogP contribution in [-0.4, -0.2) is 23.9 Å². The smallest absolute Gasteiger partial charge is 0.226 e. The monoisotopic (exact) mass is 340 g/mol. The van der Waals surface area contributed by atoms with Gasteiger partial charge in [-0.05, 0) is 61.8 Å². The van der Waals surface area contributed by atoms with E-state index in [-0.39, 0.29) is 30.0 Å². The van der Waals surface area contributed by atoms with Crippen LogP contribution in [0.25, 0.3) is 0 Å². The summed E-state index contributed by atoms with van der Waals surface area (Å²) in [4.78, 5) is 14.9. The zero-order valence-electron chi connectivity index (χ0n) is 13.4. The molecule has 0 heterocycles. The van der Waals surface area contributed by atoms with Gasteiger partial charge in [0, 0.05) is 19.0 Å². The summed E-state index contributed by atoms with van der Waals surface area (Å²) in [5.41, 5.74) is 6.83. The van der Waals surface area contributed by atoms with Crippen LogP contribution in [0, 0.1) is 23.6 Å². The number of carbonyl (C=O) groups excluding carboxylic acids is 1. The first-order chi connectivity index (χ1) is 10.7. The number of hydrogen-bond donors (Lipinski definition) is 1. The van der Waals surface area contributed by atoms with Crippen molar-refractivity contribution in [1.29, 1.82) is 0 Å². The van der Waals surface area contributed by atoms with Crippen LogP contribution in [0.4, 0.5) is 4.39 Å². The van der Waals surface area contributed by atoms with Crippen molar-refractivity contribution in [3.8, 4) is 0 Å². The fourth-order valence-electron chi connectivity index (χ4n) is 3.53. The van der Waals surface area contributed by atoms with Crippen LogP contribution in [0.5, 0.6) is 0 Å². The Labute approximate surface area is 143 Å². The van der Waals surface area contributed by atoms with E-state index in [1.807, 2.05) is 4.90 Å². The van der Waals surface area contributed by atoms with E-state index in [9.17, 15) is 9.18 Å². The van der Waals surface area contributed by atoms with E-state index in [1.165, 1.54) is 25.0 Å². The molecule has 128 valence electrons. The fraction of sp³-hybridized carbons (Fsp3) is 0.611. The number of halogens is 2. The van der Waals surface area contributed by atoms with Crippen LogP contribution < -0.4 is 5.73 Å². The number of rotatable bonds is 6. The summed E-state index contributed by atoms with van der Waals surface area (Å²) in [7, 11) is 0. The van der Waals surface area contributed by atoms with Crippen molar-refractivity contribution in [1.82, 2.24) is 4.90 Å². The average molecular weight is 341 g/mol. The predicted octanol–water partition coefficient (Wildman–Crippen LogP) is 3.36. The van der Waals surface area contributed by atoms with Crippen LogP contribution in [-0.2, 0) is 11.3 Å². The van der Waals surface area contributed by atoms with Gasteiger partial charge >= 0.3 is 0 Å². The van der Waals surface area contributed by atoms with Gasteiger partial charge < -0.3 is 10.6 Å². The summed E-state index contributed by atoms with van der Waals surface area (Å²) in [6.07, 6.45) is 5.58. The van der Waals surface area contributed by atoms with Gasteiger partial charge in [0.05, 0.1) is 0 Å². The third-order valence-corrected chi connectivity index (χ3v) is 5.05. The van der Waals surface area contributed by atoms with Crippen molar-refractivity contribution in [3.05, 3.63) is 35.6 Å². The van der Waals surface area contributed by atoms with Crippen molar-refractivity contribution < 1.29 is 9.18 Å². The molecule has 0 spiro atoms.